The molecule has 0 saturated carbocycles. The lowest BCUT2D eigenvalue weighted by molar-refractivity contribution is 0.441. The number of hydrogen-bond acceptors (Lipinski definition) is 3. The molecule has 0 spiro atoms. The normalized spacial score (nSPS) is 11.6. The van der Waals surface area contributed by atoms with E-state index in [0.29, 0.717) is 12.0 Å². The Bertz CT molecular complexity index is 1020. The van der Waals surface area contributed by atoms with E-state index in [2.05, 4.69) is 37.9 Å². The fraction of sp³-hybridized carbons (Fsp3) is 0.240. The van der Waals surface area contributed by atoms with Gasteiger partial charge in [-0.3, -0.25) is 4.98 Å². The highest BCUT2D eigenvalue weighted by molar-refractivity contribution is 5.84. The fourth-order valence-electron chi connectivity index (χ4n) is 3.21. The lowest BCUT2D eigenvalue weighted by Gasteiger charge is -2.10. The Kier molecular flexibility index (Phi) is 6.15. The Morgan fingerprint density at radius 1 is 0.929 bits per heavy atom. The molecule has 0 atom stereocenters. The van der Waals surface area contributed by atoms with E-state index in [-0.39, 0.29) is 11.5 Å². The summed E-state index contributed by atoms with van der Waals surface area (Å²) in [5, 5.41) is 22.0. The molecular weight excluding hydrogens is 346 g/mol. The minimum atomic E-state index is 0.108. The van der Waals surface area contributed by atoms with Crippen molar-refractivity contribution in [1.29, 1.82) is 0 Å². The molecule has 0 bridgehead atoms. The zero-order chi connectivity index (χ0) is 20.1. The van der Waals surface area contributed by atoms with E-state index in [0.717, 1.165) is 34.9 Å². The zero-order valence-corrected chi connectivity index (χ0v) is 16.7. The van der Waals surface area contributed by atoms with Gasteiger partial charge in [0.15, 0.2) is 0 Å². The topological polar surface area (TPSA) is 53.4 Å². The van der Waals surface area contributed by atoms with E-state index >= 15 is 0 Å². The molecule has 1 heterocycles. The third kappa shape index (κ3) is 4.80. The third-order valence-electron chi connectivity index (χ3n) is 4.87. The van der Waals surface area contributed by atoms with Crippen molar-refractivity contribution in [2.75, 3.05) is 0 Å². The van der Waals surface area contributed by atoms with Gasteiger partial charge in [0.05, 0.1) is 5.52 Å². The molecule has 0 aliphatic carbocycles. The molecule has 2 aromatic carbocycles. The van der Waals surface area contributed by atoms with Crippen LogP contribution in [0.1, 0.15) is 39.2 Å². The number of phenols is 2. The van der Waals surface area contributed by atoms with E-state index in [1.54, 1.807) is 18.3 Å². The number of nitrogens with zero attached hydrogens (tertiary/aromatic N) is 1. The second-order valence-electron chi connectivity index (χ2n) is 7.48. The average molecular weight is 373 g/mol. The SMILES string of the molecule is CC(C)=CCC/C(C)=C/Cc1c(O)cc(-c2cnc3ccccc3c2)cc1O. The van der Waals surface area contributed by atoms with Crippen molar-refractivity contribution in [3.63, 3.8) is 0 Å². The molecule has 3 aromatic rings. The van der Waals surface area contributed by atoms with E-state index in [9.17, 15) is 10.2 Å². The number of allylic oxidation sites excluding steroid dienone is 4. The minimum absolute atomic E-state index is 0.108. The van der Waals surface area contributed by atoms with Crippen LogP contribution >= 0.6 is 0 Å². The van der Waals surface area contributed by atoms with Gasteiger partial charge in [0, 0.05) is 22.7 Å². The lowest BCUT2D eigenvalue weighted by Crippen LogP contribution is -1.89. The Balaban J connectivity index is 1.81. The van der Waals surface area contributed by atoms with Crippen LogP contribution in [0.4, 0.5) is 0 Å². The molecular formula is C25H27NO2. The van der Waals surface area contributed by atoms with Gasteiger partial charge in [-0.15, -0.1) is 0 Å². The predicted molar refractivity (Wildman–Crippen MR) is 117 cm³/mol. The standard InChI is InChI=1S/C25H27NO2/c1-17(2)7-6-8-18(3)11-12-22-24(27)14-20(15-25(22)28)21-13-19-9-4-5-10-23(19)26-16-21/h4-5,7,9-11,13-16,27-28H,6,8,12H2,1-3H3/b18-11+. The van der Waals surface area contributed by atoms with Gasteiger partial charge >= 0.3 is 0 Å². The van der Waals surface area contributed by atoms with Crippen LogP contribution in [0.2, 0.25) is 0 Å². The number of aromatic nitrogens is 1. The first kappa shape index (κ1) is 19.7. The number of pyridine rings is 1. The summed E-state index contributed by atoms with van der Waals surface area (Å²) in [7, 11) is 0. The van der Waals surface area contributed by atoms with Gasteiger partial charge in [0.25, 0.3) is 0 Å². The molecule has 144 valence electrons. The van der Waals surface area contributed by atoms with Gasteiger partial charge in [0.1, 0.15) is 11.5 Å². The molecule has 0 unspecified atom stereocenters. The molecule has 0 saturated heterocycles. The van der Waals surface area contributed by atoms with Gasteiger partial charge in [-0.2, -0.15) is 0 Å². The van der Waals surface area contributed by atoms with E-state index in [1.807, 2.05) is 30.3 Å². The van der Waals surface area contributed by atoms with Crippen molar-refractivity contribution in [3.8, 4) is 22.6 Å². The van der Waals surface area contributed by atoms with Gasteiger partial charge in [-0.25, -0.2) is 0 Å². The fourth-order valence-corrected chi connectivity index (χ4v) is 3.21. The van der Waals surface area contributed by atoms with Gasteiger partial charge < -0.3 is 10.2 Å². The molecule has 1 aromatic heterocycles. The highest BCUT2D eigenvalue weighted by Gasteiger charge is 2.11. The quantitative estimate of drug-likeness (QED) is 0.482. The van der Waals surface area contributed by atoms with Crippen LogP contribution in [-0.4, -0.2) is 15.2 Å². The molecule has 3 rings (SSSR count). The Hall–Kier alpha value is -3.07. The summed E-state index contributed by atoms with van der Waals surface area (Å²) in [5.74, 6) is 0.216. The summed E-state index contributed by atoms with van der Waals surface area (Å²) < 4.78 is 0. The van der Waals surface area contributed by atoms with Crippen molar-refractivity contribution in [2.24, 2.45) is 0 Å². The summed E-state index contributed by atoms with van der Waals surface area (Å²) >= 11 is 0. The lowest BCUT2D eigenvalue weighted by atomic mass is 9.99. The Morgan fingerprint density at radius 3 is 2.36 bits per heavy atom. The summed E-state index contributed by atoms with van der Waals surface area (Å²) in [6, 6.07) is 13.3. The van der Waals surface area contributed by atoms with E-state index in [1.165, 1.54) is 11.1 Å². The molecule has 0 radical (unpaired) electrons. The van der Waals surface area contributed by atoms with Gasteiger partial charge in [0.2, 0.25) is 0 Å². The summed E-state index contributed by atoms with van der Waals surface area (Å²) in [5.41, 5.74) is 5.66. The molecule has 0 fully saturated rings. The molecule has 0 aliphatic heterocycles. The first-order chi connectivity index (χ1) is 13.4. The summed E-state index contributed by atoms with van der Waals surface area (Å²) in [6.07, 6.45) is 8.56. The number of phenolic OH excluding ortho intramolecular Hbond substituents is 2. The second kappa shape index (κ2) is 8.75. The Morgan fingerprint density at radius 2 is 1.64 bits per heavy atom. The smallest absolute Gasteiger partial charge is 0.123 e. The van der Waals surface area contributed by atoms with Crippen LogP contribution < -0.4 is 0 Å². The van der Waals surface area contributed by atoms with Crippen LogP contribution in [0.3, 0.4) is 0 Å². The number of para-hydroxylation sites is 1. The van der Waals surface area contributed by atoms with Crippen molar-refractivity contribution in [1.82, 2.24) is 4.98 Å². The number of hydrogen-bond donors (Lipinski definition) is 2. The molecule has 2 N–H and O–H groups in total. The summed E-state index contributed by atoms with van der Waals surface area (Å²) in [6.45, 7) is 6.28. The maximum atomic E-state index is 10.5. The average Bonchev–Trinajstić information content (AvgIpc) is 2.66. The Labute approximate surface area is 166 Å². The van der Waals surface area contributed by atoms with Crippen molar-refractivity contribution in [2.45, 2.75) is 40.0 Å². The molecule has 0 amide bonds. The van der Waals surface area contributed by atoms with Crippen LogP contribution in [0.25, 0.3) is 22.0 Å². The first-order valence-electron chi connectivity index (χ1n) is 9.63. The summed E-state index contributed by atoms with van der Waals surface area (Å²) in [4.78, 5) is 4.46. The predicted octanol–water partition coefficient (Wildman–Crippen LogP) is 6.55. The van der Waals surface area contributed by atoms with Crippen LogP contribution in [0.5, 0.6) is 11.5 Å². The van der Waals surface area contributed by atoms with Crippen LogP contribution in [-0.2, 0) is 6.42 Å². The van der Waals surface area contributed by atoms with Gasteiger partial charge in [-0.1, -0.05) is 41.5 Å². The van der Waals surface area contributed by atoms with Crippen molar-refractivity contribution < 1.29 is 10.2 Å². The maximum Gasteiger partial charge on any atom is 0.123 e. The number of rotatable bonds is 6. The van der Waals surface area contributed by atoms with E-state index < -0.39 is 0 Å². The molecule has 28 heavy (non-hydrogen) atoms. The highest BCUT2D eigenvalue weighted by Crippen LogP contribution is 2.35. The molecule has 3 nitrogen and oxygen atoms in total. The monoisotopic (exact) mass is 373 g/mol. The number of benzene rings is 2. The molecule has 3 heteroatoms. The highest BCUT2D eigenvalue weighted by atomic mass is 16.3. The van der Waals surface area contributed by atoms with Gasteiger partial charge in [-0.05, 0) is 69.9 Å². The van der Waals surface area contributed by atoms with Crippen molar-refractivity contribution >= 4 is 10.9 Å². The first-order valence-corrected chi connectivity index (χ1v) is 9.63. The zero-order valence-electron chi connectivity index (χ0n) is 16.7. The van der Waals surface area contributed by atoms with Crippen LogP contribution in [0, 0.1) is 0 Å². The molecule has 0 aliphatic rings. The minimum Gasteiger partial charge on any atom is -0.507 e. The third-order valence-corrected chi connectivity index (χ3v) is 4.87. The number of fused-ring (bicyclic) bond motifs is 1. The van der Waals surface area contributed by atoms with Crippen molar-refractivity contribution in [3.05, 3.63) is 77.5 Å². The second-order valence-corrected chi connectivity index (χ2v) is 7.48. The van der Waals surface area contributed by atoms with E-state index in [4.69, 9.17) is 0 Å². The largest absolute Gasteiger partial charge is 0.507 e. The van der Waals surface area contributed by atoms with Crippen LogP contribution in [0.15, 0.2) is 72.0 Å². The maximum absolute atomic E-state index is 10.5. The number of aromatic hydroxyl groups is 2.